The fraction of sp³-hybridized carbons (Fsp3) is 0.0952. The molecule has 0 spiro atoms. The summed E-state index contributed by atoms with van der Waals surface area (Å²) in [5, 5.41) is 6.09. The second-order valence-corrected chi connectivity index (χ2v) is 6.64. The summed E-state index contributed by atoms with van der Waals surface area (Å²) < 4.78 is 65.7. The zero-order chi connectivity index (χ0) is 25.8. The third kappa shape index (κ3) is 5.88. The molecule has 2 aromatic carbocycles. The summed E-state index contributed by atoms with van der Waals surface area (Å²) in [5.74, 6) is -0.377. The Hall–Kier alpha value is -3.79. The molecule has 3 aromatic rings. The topological polar surface area (TPSA) is 92.4 Å². The van der Waals surface area contributed by atoms with Crippen molar-refractivity contribution in [1.82, 2.24) is 10.3 Å². The summed E-state index contributed by atoms with van der Waals surface area (Å²) in [6, 6.07) is 10.8. The van der Waals surface area contributed by atoms with Gasteiger partial charge >= 0.3 is 12.2 Å². The molecule has 32 heavy (non-hydrogen) atoms. The average Bonchev–Trinajstić information content (AvgIpc) is 2.75. The van der Waals surface area contributed by atoms with Gasteiger partial charge < -0.3 is 20.7 Å². The monoisotopic (exact) mass is 468 g/mol. The first kappa shape index (κ1) is 18.9. The van der Waals surface area contributed by atoms with Crippen LogP contribution in [0.1, 0.15) is 20.2 Å². The molecule has 0 bridgehead atoms. The molecule has 0 atom stereocenters. The van der Waals surface area contributed by atoms with E-state index in [9.17, 15) is 22.8 Å². The van der Waals surface area contributed by atoms with Crippen molar-refractivity contribution in [3.63, 3.8) is 0 Å². The Labute approximate surface area is 189 Å². The van der Waals surface area contributed by atoms with Crippen LogP contribution in [0.25, 0.3) is 0 Å². The van der Waals surface area contributed by atoms with Gasteiger partial charge in [-0.15, -0.1) is 0 Å². The molecule has 0 saturated heterocycles. The van der Waals surface area contributed by atoms with Crippen LogP contribution in [-0.2, 0) is 6.18 Å². The van der Waals surface area contributed by atoms with Crippen molar-refractivity contribution >= 4 is 34.9 Å². The lowest BCUT2D eigenvalue weighted by atomic mass is 10.2. The lowest BCUT2D eigenvalue weighted by molar-refractivity contribution is -0.137. The van der Waals surface area contributed by atoms with Gasteiger partial charge in [0.1, 0.15) is 17.2 Å². The molecule has 0 aliphatic carbocycles. The highest BCUT2D eigenvalue weighted by Gasteiger charge is 2.33. The molecule has 1 heterocycles. The Morgan fingerprint density at radius 2 is 1.69 bits per heavy atom. The highest BCUT2D eigenvalue weighted by Crippen LogP contribution is 2.36. The molecule has 11 heteroatoms. The fourth-order valence-electron chi connectivity index (χ4n) is 2.52. The zero-order valence-electron chi connectivity index (χ0n) is 19.0. The van der Waals surface area contributed by atoms with Gasteiger partial charge in [-0.05, 0) is 48.5 Å². The predicted molar refractivity (Wildman–Crippen MR) is 113 cm³/mol. The number of nitrogens with one attached hydrogen (secondary N) is 3. The largest absolute Gasteiger partial charge is 0.457 e. The van der Waals surface area contributed by atoms with E-state index in [4.69, 9.17) is 20.5 Å². The Morgan fingerprint density at radius 1 is 1.00 bits per heavy atom. The van der Waals surface area contributed by atoms with E-state index in [1.54, 1.807) is 0 Å². The Kier molecular flexibility index (Phi) is 5.66. The fourth-order valence-corrected chi connectivity index (χ4v) is 2.74. The van der Waals surface area contributed by atoms with E-state index in [2.05, 4.69) is 15.6 Å². The second kappa shape index (κ2) is 9.56. The molecule has 7 nitrogen and oxygen atoms in total. The number of halogens is 4. The number of hydrogen-bond acceptors (Lipinski definition) is 4. The van der Waals surface area contributed by atoms with E-state index in [-0.39, 0.29) is 17.1 Å². The molecule has 0 fully saturated rings. The number of anilines is 2. The number of urea groups is 1. The van der Waals surface area contributed by atoms with Crippen molar-refractivity contribution in [2.24, 2.45) is 0 Å². The van der Waals surface area contributed by atoms with Crippen LogP contribution in [0.3, 0.4) is 0 Å². The number of ether oxygens (including phenoxy) is 1. The number of aromatic nitrogens is 1. The van der Waals surface area contributed by atoms with E-state index < -0.39 is 35.7 Å². The third-order valence-electron chi connectivity index (χ3n) is 3.96. The zero-order valence-corrected chi connectivity index (χ0v) is 16.7. The SMILES string of the molecule is [2H][13C]([2H])([2H])NC(=O)c1cc(Oc2ccc(NC(=O)Nc3ccc(Cl)c(C(F)(F)F)c3)cc2)ccn1. The smallest absolute Gasteiger partial charge is 0.417 e. The van der Waals surface area contributed by atoms with Gasteiger partial charge in [-0.3, -0.25) is 9.78 Å². The molecule has 0 aliphatic heterocycles. The van der Waals surface area contributed by atoms with E-state index in [1.165, 1.54) is 48.7 Å². The summed E-state index contributed by atoms with van der Waals surface area (Å²) in [6.45, 7) is -2.67. The highest BCUT2D eigenvalue weighted by atomic mass is 35.5. The first-order valence-corrected chi connectivity index (χ1v) is 9.19. The summed E-state index contributed by atoms with van der Waals surface area (Å²) in [7, 11) is 0. The Balaban J connectivity index is 1.61. The standard InChI is InChI=1S/C21H16ClF3N4O3/c1-26-19(30)18-11-15(8-9-27-18)32-14-5-2-12(3-6-14)28-20(31)29-13-4-7-17(22)16(10-13)21(23,24)25/h2-11H,1H3,(H,26,30)(H2,28,29,31)/i1+1D3. The van der Waals surface area contributed by atoms with Crippen LogP contribution in [0.4, 0.5) is 29.3 Å². The molecule has 0 radical (unpaired) electrons. The van der Waals surface area contributed by atoms with Crippen molar-refractivity contribution in [3.05, 3.63) is 77.1 Å². The number of amides is 3. The quantitative estimate of drug-likeness (QED) is 0.428. The average molecular weight is 469 g/mol. The Bertz CT molecular complexity index is 1240. The molecule has 0 unspecified atom stereocenters. The molecule has 1 aromatic heterocycles. The molecule has 166 valence electrons. The van der Waals surface area contributed by atoms with Crippen LogP contribution in [0.5, 0.6) is 11.5 Å². The molecule has 3 rings (SSSR count). The van der Waals surface area contributed by atoms with Crippen molar-refractivity contribution in [2.45, 2.75) is 6.18 Å². The first-order valence-electron chi connectivity index (χ1n) is 10.3. The van der Waals surface area contributed by atoms with Crippen molar-refractivity contribution < 1.29 is 31.6 Å². The lowest BCUT2D eigenvalue weighted by Gasteiger charge is -2.12. The van der Waals surface area contributed by atoms with Crippen molar-refractivity contribution in [3.8, 4) is 11.5 Å². The summed E-state index contributed by atoms with van der Waals surface area (Å²) >= 11 is 5.56. The van der Waals surface area contributed by atoms with Gasteiger partial charge in [-0.1, -0.05) is 11.6 Å². The molecule has 3 N–H and O–H groups in total. The molecular formula is C21H16ClF3N4O3. The van der Waals surface area contributed by atoms with Gasteiger partial charge in [0.05, 0.1) is 10.6 Å². The summed E-state index contributed by atoms with van der Waals surface area (Å²) in [6.07, 6.45) is -3.40. The number of nitrogens with zero attached hydrogens (tertiary/aromatic N) is 1. The number of hydrogen-bond donors (Lipinski definition) is 3. The number of rotatable bonds is 5. The van der Waals surface area contributed by atoms with E-state index in [0.29, 0.717) is 11.4 Å². The normalized spacial score (nSPS) is 12.7. The van der Waals surface area contributed by atoms with E-state index in [0.717, 1.165) is 12.1 Å². The predicted octanol–water partition coefficient (Wildman–Crippen LogP) is 5.55. The van der Waals surface area contributed by atoms with Crippen LogP contribution >= 0.6 is 11.6 Å². The van der Waals surface area contributed by atoms with Gasteiger partial charge in [0.15, 0.2) is 0 Å². The van der Waals surface area contributed by atoms with Crippen LogP contribution < -0.4 is 20.7 Å². The molecule has 3 amide bonds. The number of benzene rings is 2. The first-order chi connectivity index (χ1) is 16.3. The maximum atomic E-state index is 13.0. The number of carbonyl (C=O) groups is 2. The molecule has 0 saturated carbocycles. The van der Waals surface area contributed by atoms with Crippen molar-refractivity contribution in [1.29, 1.82) is 0 Å². The van der Waals surface area contributed by atoms with Crippen LogP contribution in [0.15, 0.2) is 60.8 Å². The van der Waals surface area contributed by atoms with Gasteiger partial charge in [-0.25, -0.2) is 4.79 Å². The summed E-state index contributed by atoms with van der Waals surface area (Å²) in [4.78, 5) is 27.9. The number of alkyl halides is 3. The minimum atomic E-state index is -4.67. The van der Waals surface area contributed by atoms with Gasteiger partial charge in [0.25, 0.3) is 5.91 Å². The number of carbonyl (C=O) groups excluding carboxylic acids is 2. The number of pyridine rings is 1. The maximum Gasteiger partial charge on any atom is 0.417 e. The third-order valence-corrected chi connectivity index (χ3v) is 4.28. The van der Waals surface area contributed by atoms with Crippen molar-refractivity contribution in [2.75, 3.05) is 17.6 Å². The Morgan fingerprint density at radius 3 is 2.38 bits per heavy atom. The van der Waals surface area contributed by atoms with E-state index in [1.807, 2.05) is 5.32 Å². The molecule has 0 aliphatic rings. The molecular weight excluding hydrogens is 450 g/mol. The second-order valence-electron chi connectivity index (χ2n) is 6.23. The lowest BCUT2D eigenvalue weighted by Crippen LogP contribution is -2.19. The van der Waals surface area contributed by atoms with Crippen LogP contribution in [-0.4, -0.2) is 23.9 Å². The summed E-state index contributed by atoms with van der Waals surface area (Å²) in [5.41, 5.74) is -1.03. The van der Waals surface area contributed by atoms with Crippen LogP contribution in [0.2, 0.25) is 5.02 Å². The minimum absolute atomic E-state index is 0.102. The maximum absolute atomic E-state index is 13.0. The van der Waals surface area contributed by atoms with E-state index >= 15 is 0 Å². The van der Waals surface area contributed by atoms with Gasteiger partial charge in [0, 0.05) is 34.7 Å². The highest BCUT2D eigenvalue weighted by molar-refractivity contribution is 6.31. The van der Waals surface area contributed by atoms with Crippen LogP contribution in [0, 0.1) is 0 Å². The van der Waals surface area contributed by atoms with Gasteiger partial charge in [0.2, 0.25) is 0 Å². The minimum Gasteiger partial charge on any atom is -0.457 e. The van der Waals surface area contributed by atoms with Gasteiger partial charge in [-0.2, -0.15) is 13.2 Å².